The average molecular weight is 227 g/mol. The lowest BCUT2D eigenvalue weighted by molar-refractivity contribution is -0.0603. The molecule has 1 aliphatic heterocycles. The summed E-state index contributed by atoms with van der Waals surface area (Å²) >= 11 is 0. The van der Waals surface area contributed by atoms with E-state index in [4.69, 9.17) is 5.11 Å². The largest absolute Gasteiger partial charge is 0.508 e. The molecule has 4 heteroatoms. The number of aromatic hydroxyl groups is 1. The van der Waals surface area contributed by atoms with E-state index in [2.05, 4.69) is 0 Å². The fraction of sp³-hybridized carbons (Fsp3) is 0.500. The molecule has 1 N–H and O–H groups in total. The predicted molar refractivity (Wildman–Crippen MR) is 57.6 cm³/mol. The van der Waals surface area contributed by atoms with E-state index in [1.165, 1.54) is 24.3 Å². The van der Waals surface area contributed by atoms with Crippen LogP contribution in [-0.4, -0.2) is 30.1 Å². The second-order valence-corrected chi connectivity index (χ2v) is 4.42. The van der Waals surface area contributed by atoms with Gasteiger partial charge in [0.15, 0.2) is 0 Å². The summed E-state index contributed by atoms with van der Waals surface area (Å²) in [5, 5.41) is 9.08. The van der Waals surface area contributed by atoms with Crippen LogP contribution in [0.15, 0.2) is 24.3 Å². The van der Waals surface area contributed by atoms with Crippen molar-refractivity contribution in [2.75, 3.05) is 20.1 Å². The minimum atomic E-state index is -2.81. The van der Waals surface area contributed by atoms with Gasteiger partial charge in [0.1, 0.15) is 5.75 Å². The highest BCUT2D eigenvalue weighted by molar-refractivity contribution is 5.29. The quantitative estimate of drug-likeness (QED) is 0.838. The van der Waals surface area contributed by atoms with E-state index in [1.807, 2.05) is 11.9 Å². The molecule has 1 unspecified atom stereocenters. The second-order valence-electron chi connectivity index (χ2n) is 4.42. The van der Waals surface area contributed by atoms with E-state index in [1.54, 1.807) is 0 Å². The first-order valence-electron chi connectivity index (χ1n) is 5.36. The van der Waals surface area contributed by atoms with Crippen molar-refractivity contribution in [2.45, 2.75) is 12.3 Å². The second kappa shape index (κ2) is 4.01. The molecule has 0 aromatic heterocycles. The Morgan fingerprint density at radius 1 is 1.31 bits per heavy atom. The first-order chi connectivity index (χ1) is 7.50. The summed E-state index contributed by atoms with van der Waals surface area (Å²) in [6.07, 6.45) is 0.518. The maximum Gasteiger partial charge on any atom is 0.277 e. The molecular weight excluding hydrogens is 212 g/mol. The van der Waals surface area contributed by atoms with Crippen molar-refractivity contribution in [2.24, 2.45) is 5.92 Å². The van der Waals surface area contributed by atoms with E-state index in [-0.39, 0.29) is 11.3 Å². The Morgan fingerprint density at radius 3 is 2.44 bits per heavy atom. The number of rotatable bonds is 2. The van der Waals surface area contributed by atoms with Crippen molar-refractivity contribution in [3.8, 4) is 5.75 Å². The molecule has 1 aromatic carbocycles. The summed E-state index contributed by atoms with van der Waals surface area (Å²) in [7, 11) is 1.85. The maximum absolute atomic E-state index is 14.1. The number of phenols is 1. The Morgan fingerprint density at radius 2 is 1.94 bits per heavy atom. The van der Waals surface area contributed by atoms with E-state index < -0.39 is 11.8 Å². The Labute approximate surface area is 93.5 Å². The van der Waals surface area contributed by atoms with Crippen LogP contribution in [0.2, 0.25) is 0 Å². The van der Waals surface area contributed by atoms with Crippen molar-refractivity contribution in [1.82, 2.24) is 4.90 Å². The highest BCUT2D eigenvalue weighted by atomic mass is 19.3. The van der Waals surface area contributed by atoms with Gasteiger partial charge in [-0.3, -0.25) is 0 Å². The van der Waals surface area contributed by atoms with Crippen molar-refractivity contribution >= 4 is 0 Å². The van der Waals surface area contributed by atoms with Gasteiger partial charge in [0.05, 0.1) is 0 Å². The van der Waals surface area contributed by atoms with Gasteiger partial charge in [-0.1, -0.05) is 0 Å². The van der Waals surface area contributed by atoms with Crippen LogP contribution in [0.25, 0.3) is 0 Å². The van der Waals surface area contributed by atoms with Crippen molar-refractivity contribution in [3.63, 3.8) is 0 Å². The number of hydrogen-bond donors (Lipinski definition) is 1. The Balaban J connectivity index is 2.21. The van der Waals surface area contributed by atoms with Gasteiger partial charge in [-0.25, -0.2) is 8.78 Å². The molecule has 1 fully saturated rings. The zero-order chi connectivity index (χ0) is 11.8. The summed E-state index contributed by atoms with van der Waals surface area (Å²) in [6, 6.07) is 5.21. The van der Waals surface area contributed by atoms with Gasteiger partial charge in [-0.15, -0.1) is 0 Å². The van der Waals surface area contributed by atoms with Crippen LogP contribution in [0, 0.1) is 5.92 Å². The zero-order valence-electron chi connectivity index (χ0n) is 9.16. The first kappa shape index (κ1) is 11.3. The van der Waals surface area contributed by atoms with Crippen LogP contribution in [0.4, 0.5) is 8.78 Å². The van der Waals surface area contributed by atoms with Crippen molar-refractivity contribution in [3.05, 3.63) is 29.8 Å². The highest BCUT2D eigenvalue weighted by Crippen LogP contribution is 2.40. The normalized spacial score (nSPS) is 22.6. The lowest BCUT2D eigenvalue weighted by atomic mass is 9.94. The Kier molecular flexibility index (Phi) is 2.84. The highest BCUT2D eigenvalue weighted by Gasteiger charge is 2.43. The number of halogens is 2. The van der Waals surface area contributed by atoms with Crippen LogP contribution in [0.5, 0.6) is 5.75 Å². The van der Waals surface area contributed by atoms with Crippen LogP contribution in [-0.2, 0) is 5.92 Å². The molecule has 0 bridgehead atoms. The monoisotopic (exact) mass is 227 g/mol. The van der Waals surface area contributed by atoms with Crippen LogP contribution >= 0.6 is 0 Å². The summed E-state index contributed by atoms with van der Waals surface area (Å²) in [4.78, 5) is 1.92. The molecule has 0 spiro atoms. The van der Waals surface area contributed by atoms with Gasteiger partial charge >= 0.3 is 0 Å². The molecule has 1 aliphatic rings. The first-order valence-corrected chi connectivity index (χ1v) is 5.36. The number of phenolic OH excluding ortho intramolecular Hbond substituents is 1. The Hall–Kier alpha value is -1.16. The number of benzene rings is 1. The standard InChI is InChI=1S/C12H15F2NO/c1-15-7-6-10(8-15)12(13,14)9-2-4-11(16)5-3-9/h2-5,10,16H,6-8H2,1H3. The van der Waals surface area contributed by atoms with Crippen molar-refractivity contribution in [1.29, 1.82) is 0 Å². The Bertz CT molecular complexity index is 364. The van der Waals surface area contributed by atoms with Gasteiger partial charge in [0.2, 0.25) is 0 Å². The molecule has 1 heterocycles. The fourth-order valence-corrected chi connectivity index (χ4v) is 2.15. The molecule has 16 heavy (non-hydrogen) atoms. The third-order valence-electron chi connectivity index (χ3n) is 3.16. The molecular formula is C12H15F2NO. The van der Waals surface area contributed by atoms with Crippen LogP contribution < -0.4 is 0 Å². The van der Waals surface area contributed by atoms with Gasteiger partial charge < -0.3 is 10.0 Å². The van der Waals surface area contributed by atoms with Gasteiger partial charge in [-0.05, 0) is 44.3 Å². The minimum absolute atomic E-state index is 0.00870. The average Bonchev–Trinajstić information content (AvgIpc) is 2.66. The van der Waals surface area contributed by atoms with Crippen LogP contribution in [0.3, 0.4) is 0 Å². The van der Waals surface area contributed by atoms with E-state index in [0.29, 0.717) is 13.0 Å². The molecule has 0 saturated carbocycles. The molecule has 88 valence electrons. The predicted octanol–water partition coefficient (Wildman–Crippen LogP) is 2.44. The SMILES string of the molecule is CN1CCC(C(F)(F)c2ccc(O)cc2)C1. The smallest absolute Gasteiger partial charge is 0.277 e. The molecule has 2 nitrogen and oxygen atoms in total. The topological polar surface area (TPSA) is 23.5 Å². The molecule has 2 rings (SSSR count). The fourth-order valence-electron chi connectivity index (χ4n) is 2.15. The number of nitrogens with zero attached hydrogens (tertiary/aromatic N) is 1. The molecule has 1 aromatic rings. The third kappa shape index (κ3) is 2.02. The van der Waals surface area contributed by atoms with E-state index in [0.717, 1.165) is 6.54 Å². The van der Waals surface area contributed by atoms with Gasteiger partial charge in [-0.2, -0.15) is 0 Å². The molecule has 0 amide bonds. The lowest BCUT2D eigenvalue weighted by Gasteiger charge is -2.23. The van der Waals surface area contributed by atoms with Gasteiger partial charge in [0.25, 0.3) is 5.92 Å². The molecule has 0 aliphatic carbocycles. The summed E-state index contributed by atoms with van der Waals surface area (Å²) in [6.45, 7) is 1.15. The number of alkyl halides is 2. The lowest BCUT2D eigenvalue weighted by Crippen LogP contribution is -2.28. The molecule has 0 radical (unpaired) electrons. The molecule has 1 saturated heterocycles. The maximum atomic E-state index is 14.1. The van der Waals surface area contributed by atoms with Crippen molar-refractivity contribution < 1.29 is 13.9 Å². The minimum Gasteiger partial charge on any atom is -0.508 e. The summed E-state index contributed by atoms with van der Waals surface area (Å²) in [5.74, 6) is -3.41. The van der Waals surface area contributed by atoms with Crippen LogP contribution in [0.1, 0.15) is 12.0 Å². The van der Waals surface area contributed by atoms with Gasteiger partial charge in [0, 0.05) is 18.0 Å². The molecule has 1 atom stereocenters. The number of likely N-dealkylation sites (tertiary alicyclic amines) is 1. The third-order valence-corrected chi connectivity index (χ3v) is 3.16. The zero-order valence-corrected chi connectivity index (χ0v) is 9.16. The van der Waals surface area contributed by atoms with E-state index in [9.17, 15) is 8.78 Å². The summed E-state index contributed by atoms with van der Waals surface area (Å²) < 4.78 is 28.1. The summed E-state index contributed by atoms with van der Waals surface area (Å²) in [5.41, 5.74) is -0.00870. The number of hydrogen-bond acceptors (Lipinski definition) is 2. The van der Waals surface area contributed by atoms with E-state index >= 15 is 0 Å².